The zero-order valence-corrected chi connectivity index (χ0v) is 16.0. The minimum absolute atomic E-state index is 0.119. The van der Waals surface area contributed by atoms with Crippen LogP contribution in [0.2, 0.25) is 5.02 Å². The Morgan fingerprint density at radius 2 is 1.35 bits per heavy atom. The number of hydrogen-bond acceptors (Lipinski definition) is 2. The summed E-state index contributed by atoms with van der Waals surface area (Å²) in [4.78, 5) is 12.2. The van der Waals surface area contributed by atoms with Crippen LogP contribution in [0, 0.1) is 0 Å². The lowest BCUT2D eigenvalue weighted by Gasteiger charge is -2.14. The Kier molecular flexibility index (Phi) is 6.32. The summed E-state index contributed by atoms with van der Waals surface area (Å²) >= 11 is 7.51. The molecular weight excluding hydrogens is 360 g/mol. The maximum Gasteiger partial charge on any atom is 0.147 e. The van der Waals surface area contributed by atoms with E-state index in [4.69, 9.17) is 11.6 Å². The molecule has 0 fully saturated rings. The van der Waals surface area contributed by atoms with Crippen molar-refractivity contribution in [1.29, 1.82) is 0 Å². The number of carbonyl (C=O) groups excluding carboxylic acids is 1. The second kappa shape index (κ2) is 8.88. The van der Waals surface area contributed by atoms with E-state index in [-0.39, 0.29) is 11.0 Å². The fourth-order valence-corrected chi connectivity index (χ4v) is 3.90. The molecule has 0 aliphatic rings. The Hall–Kier alpha value is -2.29. The minimum atomic E-state index is -0.255. The molecule has 1 unspecified atom stereocenters. The Bertz CT molecular complexity index is 845. The highest BCUT2D eigenvalue weighted by molar-refractivity contribution is 8.03. The van der Waals surface area contributed by atoms with Gasteiger partial charge in [-0.25, -0.2) is 0 Å². The van der Waals surface area contributed by atoms with Crippen LogP contribution in [0.5, 0.6) is 0 Å². The average Bonchev–Trinajstić information content (AvgIpc) is 2.67. The number of halogens is 1. The summed E-state index contributed by atoms with van der Waals surface area (Å²) < 4.78 is 0. The average molecular weight is 379 g/mol. The molecule has 0 amide bonds. The van der Waals surface area contributed by atoms with Gasteiger partial charge in [-0.1, -0.05) is 84.4 Å². The highest BCUT2D eigenvalue weighted by Gasteiger charge is 2.17. The minimum Gasteiger partial charge on any atom is -0.298 e. The first-order valence-corrected chi connectivity index (χ1v) is 9.69. The second-order valence-corrected chi connectivity index (χ2v) is 7.36. The third kappa shape index (κ3) is 4.66. The summed E-state index contributed by atoms with van der Waals surface area (Å²) in [5, 5.41) is 2.51. The Balaban J connectivity index is 1.96. The largest absolute Gasteiger partial charge is 0.298 e. The maximum absolute atomic E-state index is 12.2. The molecule has 1 nitrogen and oxygen atoms in total. The third-order valence-corrected chi connectivity index (χ3v) is 5.53. The molecule has 0 radical (unpaired) electrons. The summed E-state index contributed by atoms with van der Waals surface area (Å²) in [6, 6.07) is 28.0. The second-order valence-electron chi connectivity index (χ2n) is 5.94. The zero-order chi connectivity index (χ0) is 18.4. The van der Waals surface area contributed by atoms with Crippen molar-refractivity contribution in [2.75, 3.05) is 0 Å². The van der Waals surface area contributed by atoms with Gasteiger partial charge < -0.3 is 0 Å². The molecule has 0 saturated heterocycles. The normalized spacial score (nSPS) is 11.6. The highest BCUT2D eigenvalue weighted by atomic mass is 35.5. The summed E-state index contributed by atoms with van der Waals surface area (Å²) in [6.45, 7) is 1.63. The number of ketones is 1. The summed E-state index contributed by atoms with van der Waals surface area (Å²) in [5.74, 6) is 0.119. The van der Waals surface area contributed by atoms with Crippen LogP contribution in [0.1, 0.15) is 28.9 Å². The Morgan fingerprint density at radius 3 is 1.81 bits per heavy atom. The predicted molar refractivity (Wildman–Crippen MR) is 112 cm³/mol. The van der Waals surface area contributed by atoms with Crippen LogP contribution in [-0.4, -0.2) is 5.78 Å². The van der Waals surface area contributed by atoms with Crippen LogP contribution in [0.4, 0.5) is 0 Å². The van der Waals surface area contributed by atoms with Crippen LogP contribution < -0.4 is 0 Å². The van der Waals surface area contributed by atoms with Crippen LogP contribution in [0.3, 0.4) is 0 Å². The van der Waals surface area contributed by atoms with Crippen molar-refractivity contribution in [3.63, 3.8) is 0 Å². The van der Waals surface area contributed by atoms with E-state index >= 15 is 0 Å². The molecule has 3 rings (SSSR count). The molecule has 1 atom stereocenters. The molecule has 0 bridgehead atoms. The van der Waals surface area contributed by atoms with Gasteiger partial charge in [0.25, 0.3) is 0 Å². The predicted octanol–water partition coefficient (Wildman–Crippen LogP) is 6.79. The van der Waals surface area contributed by atoms with Crippen LogP contribution in [0.15, 0.2) is 90.3 Å². The number of rotatable bonds is 6. The maximum atomic E-state index is 12.2. The summed E-state index contributed by atoms with van der Waals surface area (Å²) in [5.41, 5.74) is 4.33. The summed E-state index contributed by atoms with van der Waals surface area (Å²) in [6.07, 6.45) is 0. The topological polar surface area (TPSA) is 17.1 Å². The SMILES string of the molecule is CC(=O)C(SC=C(c1ccccc1)c1ccccc1)c1ccc(Cl)cc1. The van der Waals surface area contributed by atoms with E-state index in [1.165, 1.54) is 11.8 Å². The van der Waals surface area contributed by atoms with Crippen LogP contribution in [0.25, 0.3) is 5.57 Å². The molecule has 0 saturated carbocycles. The van der Waals surface area contributed by atoms with Crippen molar-refractivity contribution in [3.8, 4) is 0 Å². The van der Waals surface area contributed by atoms with Gasteiger partial charge in [0, 0.05) is 5.02 Å². The first kappa shape index (κ1) is 18.5. The van der Waals surface area contributed by atoms with Crippen molar-refractivity contribution in [2.45, 2.75) is 12.2 Å². The first-order chi connectivity index (χ1) is 12.6. The number of hydrogen-bond donors (Lipinski definition) is 0. The van der Waals surface area contributed by atoms with Gasteiger partial charge in [0.1, 0.15) is 5.78 Å². The third-order valence-electron chi connectivity index (χ3n) is 4.03. The Labute approximate surface area is 163 Å². The molecule has 0 N–H and O–H groups in total. The molecule has 0 heterocycles. The van der Waals surface area contributed by atoms with Gasteiger partial charge in [-0.3, -0.25) is 4.79 Å². The van der Waals surface area contributed by atoms with E-state index in [0.717, 1.165) is 22.3 Å². The van der Waals surface area contributed by atoms with Crippen molar-refractivity contribution >= 4 is 34.7 Å². The Morgan fingerprint density at radius 1 is 0.846 bits per heavy atom. The zero-order valence-electron chi connectivity index (χ0n) is 14.4. The number of carbonyl (C=O) groups is 1. The molecule has 3 heteroatoms. The quantitative estimate of drug-likeness (QED) is 0.469. The molecule has 0 aliphatic carbocycles. The monoisotopic (exact) mass is 378 g/mol. The number of benzene rings is 3. The number of thioether (sulfide) groups is 1. The molecule has 130 valence electrons. The molecule has 0 aliphatic heterocycles. The van der Waals surface area contributed by atoms with Crippen molar-refractivity contribution in [2.24, 2.45) is 0 Å². The molecule has 0 spiro atoms. The molecule has 3 aromatic carbocycles. The van der Waals surface area contributed by atoms with Crippen molar-refractivity contribution < 1.29 is 4.79 Å². The van der Waals surface area contributed by atoms with Crippen LogP contribution >= 0.6 is 23.4 Å². The van der Waals surface area contributed by atoms with Crippen molar-refractivity contribution in [3.05, 3.63) is 112 Å². The van der Waals surface area contributed by atoms with Gasteiger partial charge in [0.2, 0.25) is 0 Å². The van der Waals surface area contributed by atoms with Crippen molar-refractivity contribution in [1.82, 2.24) is 0 Å². The number of Topliss-reactive ketones (excluding diaryl/α,β-unsaturated/α-hetero) is 1. The van der Waals surface area contributed by atoms with E-state index in [2.05, 4.69) is 29.7 Å². The molecule has 0 aromatic heterocycles. The van der Waals surface area contributed by atoms with E-state index < -0.39 is 0 Å². The fourth-order valence-electron chi connectivity index (χ4n) is 2.72. The van der Waals surface area contributed by atoms with Crippen LogP contribution in [-0.2, 0) is 4.79 Å². The van der Waals surface area contributed by atoms with E-state index in [9.17, 15) is 4.79 Å². The summed E-state index contributed by atoms with van der Waals surface area (Å²) in [7, 11) is 0. The van der Waals surface area contributed by atoms with Gasteiger partial charge >= 0.3 is 0 Å². The highest BCUT2D eigenvalue weighted by Crippen LogP contribution is 2.35. The first-order valence-electron chi connectivity index (χ1n) is 8.37. The lowest BCUT2D eigenvalue weighted by atomic mass is 10.00. The van der Waals surface area contributed by atoms with Gasteiger partial charge in [0.15, 0.2) is 0 Å². The van der Waals surface area contributed by atoms with Gasteiger partial charge in [-0.05, 0) is 46.7 Å². The molecule has 26 heavy (non-hydrogen) atoms. The van der Waals surface area contributed by atoms with E-state index in [0.29, 0.717) is 5.02 Å². The van der Waals surface area contributed by atoms with Gasteiger partial charge in [-0.15, -0.1) is 11.8 Å². The van der Waals surface area contributed by atoms with E-state index in [1.54, 1.807) is 6.92 Å². The standard InChI is InChI=1S/C23H19ClOS/c1-17(25)23(20-12-14-21(24)15-13-20)26-16-22(18-8-4-2-5-9-18)19-10-6-3-7-11-19/h2-16,23H,1H3. The van der Waals surface area contributed by atoms with Gasteiger partial charge in [0.05, 0.1) is 5.25 Å². The van der Waals surface area contributed by atoms with Gasteiger partial charge in [-0.2, -0.15) is 0 Å². The lowest BCUT2D eigenvalue weighted by Crippen LogP contribution is -2.04. The smallest absolute Gasteiger partial charge is 0.147 e. The molecule has 3 aromatic rings. The molecular formula is C23H19ClOS. The van der Waals surface area contributed by atoms with E-state index in [1.807, 2.05) is 60.7 Å². The fraction of sp³-hybridized carbons (Fsp3) is 0.0870. The lowest BCUT2D eigenvalue weighted by molar-refractivity contribution is -0.116.